The van der Waals surface area contributed by atoms with Gasteiger partial charge in [0.2, 0.25) is 5.16 Å². The highest BCUT2D eigenvalue weighted by Gasteiger charge is 2.10. The highest BCUT2D eigenvalue weighted by molar-refractivity contribution is 9.10. The molecule has 27 heavy (non-hydrogen) atoms. The van der Waals surface area contributed by atoms with Crippen LogP contribution in [0.3, 0.4) is 0 Å². The molecule has 8 heteroatoms. The quantitative estimate of drug-likeness (QED) is 0.393. The predicted molar refractivity (Wildman–Crippen MR) is 111 cm³/mol. The molecule has 0 saturated carbocycles. The van der Waals surface area contributed by atoms with Gasteiger partial charge in [0, 0.05) is 21.9 Å². The van der Waals surface area contributed by atoms with Gasteiger partial charge in [-0.1, -0.05) is 39.8 Å². The molecule has 0 bridgehead atoms. The Kier molecular flexibility index (Phi) is 6.52. The number of benzene rings is 2. The van der Waals surface area contributed by atoms with Crippen molar-refractivity contribution in [3.8, 4) is 11.5 Å². The van der Waals surface area contributed by atoms with Gasteiger partial charge in [-0.25, -0.2) is 0 Å². The van der Waals surface area contributed by atoms with Gasteiger partial charge in [-0.2, -0.15) is 9.78 Å². The summed E-state index contributed by atoms with van der Waals surface area (Å²) < 4.78 is 13.4. The lowest BCUT2D eigenvalue weighted by atomic mass is 10.2. The van der Waals surface area contributed by atoms with E-state index in [2.05, 4.69) is 43.4 Å². The molecule has 0 amide bonds. The molecule has 1 aromatic heterocycles. The molecule has 2 aromatic carbocycles. The van der Waals surface area contributed by atoms with E-state index in [9.17, 15) is 0 Å². The second kappa shape index (κ2) is 9.05. The molecule has 0 radical (unpaired) electrons. The van der Waals surface area contributed by atoms with Crippen molar-refractivity contribution in [1.29, 1.82) is 0 Å². The van der Waals surface area contributed by atoms with Crippen molar-refractivity contribution < 1.29 is 9.47 Å². The van der Waals surface area contributed by atoms with E-state index < -0.39 is 0 Å². The standard InChI is InChI=1S/C19H19BrN4O2S/c1-13-22-23-19(27-12-14-4-7-16(20)8-5-14)24(13)21-11-15-6-9-17(25-2)10-18(15)26-3/h4-11H,12H2,1-3H3/b21-11+. The second-order valence-corrected chi connectivity index (χ2v) is 7.47. The molecular formula is C19H19BrN4O2S. The Hall–Kier alpha value is -2.32. The van der Waals surface area contributed by atoms with Crippen molar-refractivity contribution in [2.75, 3.05) is 14.2 Å². The van der Waals surface area contributed by atoms with Gasteiger partial charge in [0.1, 0.15) is 11.5 Å². The summed E-state index contributed by atoms with van der Waals surface area (Å²) in [7, 11) is 3.24. The summed E-state index contributed by atoms with van der Waals surface area (Å²) in [5.41, 5.74) is 2.05. The maximum absolute atomic E-state index is 5.41. The number of hydrogen-bond acceptors (Lipinski definition) is 6. The first kappa shape index (κ1) is 19.4. The van der Waals surface area contributed by atoms with Gasteiger partial charge in [-0.05, 0) is 36.8 Å². The van der Waals surface area contributed by atoms with Gasteiger partial charge in [0.15, 0.2) is 5.82 Å². The highest BCUT2D eigenvalue weighted by Crippen LogP contribution is 2.25. The Morgan fingerprint density at radius 1 is 1.11 bits per heavy atom. The van der Waals surface area contributed by atoms with Crippen molar-refractivity contribution in [1.82, 2.24) is 14.9 Å². The van der Waals surface area contributed by atoms with E-state index in [4.69, 9.17) is 9.47 Å². The zero-order valence-electron chi connectivity index (χ0n) is 15.2. The molecule has 0 aliphatic carbocycles. The lowest BCUT2D eigenvalue weighted by molar-refractivity contribution is 0.394. The van der Waals surface area contributed by atoms with Gasteiger partial charge < -0.3 is 9.47 Å². The number of ether oxygens (including phenoxy) is 2. The first-order chi connectivity index (χ1) is 13.1. The Morgan fingerprint density at radius 2 is 1.89 bits per heavy atom. The molecule has 3 rings (SSSR count). The van der Waals surface area contributed by atoms with E-state index in [-0.39, 0.29) is 0 Å². The van der Waals surface area contributed by atoms with E-state index in [0.29, 0.717) is 5.75 Å². The van der Waals surface area contributed by atoms with Crippen LogP contribution in [0.5, 0.6) is 11.5 Å². The maximum Gasteiger partial charge on any atom is 0.212 e. The number of thioether (sulfide) groups is 1. The van der Waals surface area contributed by atoms with Crippen LogP contribution >= 0.6 is 27.7 Å². The Labute approximate surface area is 170 Å². The van der Waals surface area contributed by atoms with Crippen molar-refractivity contribution in [2.45, 2.75) is 17.8 Å². The lowest BCUT2D eigenvalue weighted by Crippen LogP contribution is -1.98. The van der Waals surface area contributed by atoms with Crippen molar-refractivity contribution in [3.63, 3.8) is 0 Å². The number of hydrogen-bond donors (Lipinski definition) is 0. The molecule has 0 saturated heterocycles. The van der Waals surface area contributed by atoms with Crippen LogP contribution in [0.25, 0.3) is 0 Å². The number of rotatable bonds is 7. The summed E-state index contributed by atoms with van der Waals surface area (Å²) in [4.78, 5) is 0. The Balaban J connectivity index is 1.78. The normalized spacial score (nSPS) is 11.1. The van der Waals surface area contributed by atoms with Crippen LogP contribution in [-0.4, -0.2) is 35.3 Å². The molecule has 0 atom stereocenters. The van der Waals surface area contributed by atoms with E-state index in [1.807, 2.05) is 37.3 Å². The molecule has 0 unspecified atom stereocenters. The minimum atomic E-state index is 0.688. The van der Waals surface area contributed by atoms with Gasteiger partial charge in [-0.3, -0.25) is 0 Å². The van der Waals surface area contributed by atoms with Gasteiger partial charge in [0.25, 0.3) is 0 Å². The van der Waals surface area contributed by atoms with E-state index >= 15 is 0 Å². The molecule has 0 spiro atoms. The van der Waals surface area contributed by atoms with Crippen LogP contribution in [0.1, 0.15) is 17.0 Å². The van der Waals surface area contributed by atoms with Crippen LogP contribution in [0, 0.1) is 6.92 Å². The van der Waals surface area contributed by atoms with Crippen LogP contribution in [-0.2, 0) is 5.75 Å². The fourth-order valence-electron chi connectivity index (χ4n) is 2.33. The third-order valence-electron chi connectivity index (χ3n) is 3.80. The fourth-order valence-corrected chi connectivity index (χ4v) is 3.49. The van der Waals surface area contributed by atoms with Gasteiger partial charge in [0.05, 0.1) is 20.4 Å². The average molecular weight is 447 g/mol. The molecule has 6 nitrogen and oxygen atoms in total. The summed E-state index contributed by atoms with van der Waals surface area (Å²) in [5, 5.41) is 13.7. The van der Waals surface area contributed by atoms with Crippen LogP contribution in [0.15, 0.2) is 57.2 Å². The minimum absolute atomic E-state index is 0.688. The van der Waals surface area contributed by atoms with E-state index in [0.717, 1.165) is 32.5 Å². The molecule has 0 aliphatic rings. The zero-order valence-corrected chi connectivity index (χ0v) is 17.6. The highest BCUT2D eigenvalue weighted by atomic mass is 79.9. The third kappa shape index (κ3) is 4.90. The number of nitrogens with zero attached hydrogens (tertiary/aromatic N) is 4. The third-order valence-corrected chi connectivity index (χ3v) is 5.32. The van der Waals surface area contributed by atoms with E-state index in [1.54, 1.807) is 36.9 Å². The first-order valence-corrected chi connectivity index (χ1v) is 9.94. The summed E-state index contributed by atoms with van der Waals surface area (Å²) in [6.07, 6.45) is 1.73. The molecule has 140 valence electrons. The number of halogens is 1. The zero-order chi connectivity index (χ0) is 19.2. The van der Waals surface area contributed by atoms with Crippen molar-refractivity contribution in [2.24, 2.45) is 5.10 Å². The second-order valence-electron chi connectivity index (χ2n) is 5.61. The largest absolute Gasteiger partial charge is 0.497 e. The van der Waals surface area contributed by atoms with Gasteiger partial charge >= 0.3 is 0 Å². The van der Waals surface area contributed by atoms with Gasteiger partial charge in [-0.15, -0.1) is 10.2 Å². The molecule has 3 aromatic rings. The van der Waals surface area contributed by atoms with Crippen molar-refractivity contribution in [3.05, 3.63) is 63.9 Å². The fraction of sp³-hybridized carbons (Fsp3) is 0.211. The lowest BCUT2D eigenvalue weighted by Gasteiger charge is -2.07. The number of aromatic nitrogens is 3. The average Bonchev–Trinajstić information content (AvgIpc) is 3.05. The monoisotopic (exact) mass is 446 g/mol. The van der Waals surface area contributed by atoms with Crippen molar-refractivity contribution >= 4 is 33.9 Å². The summed E-state index contributed by atoms with van der Waals surface area (Å²) in [6, 6.07) is 13.8. The van der Waals surface area contributed by atoms with E-state index in [1.165, 1.54) is 5.56 Å². The molecule has 0 aliphatic heterocycles. The SMILES string of the molecule is COc1ccc(/C=N/n2c(C)nnc2SCc2ccc(Br)cc2)c(OC)c1. The smallest absolute Gasteiger partial charge is 0.212 e. The van der Waals surface area contributed by atoms with Crippen LogP contribution in [0.4, 0.5) is 0 Å². The number of methoxy groups -OCH3 is 2. The summed E-state index contributed by atoms with van der Waals surface area (Å²) >= 11 is 5.04. The Morgan fingerprint density at radius 3 is 2.59 bits per heavy atom. The molecular weight excluding hydrogens is 428 g/mol. The molecule has 1 heterocycles. The first-order valence-electron chi connectivity index (χ1n) is 8.16. The minimum Gasteiger partial charge on any atom is -0.497 e. The molecule has 0 fully saturated rings. The van der Waals surface area contributed by atoms with Crippen LogP contribution < -0.4 is 9.47 Å². The topological polar surface area (TPSA) is 61.5 Å². The Bertz CT molecular complexity index is 941. The van der Waals surface area contributed by atoms with Crippen LogP contribution in [0.2, 0.25) is 0 Å². The maximum atomic E-state index is 5.41. The number of aryl methyl sites for hydroxylation is 1. The summed E-state index contributed by atoms with van der Waals surface area (Å²) in [6.45, 7) is 1.87. The molecule has 0 N–H and O–H groups in total. The predicted octanol–water partition coefficient (Wildman–Crippen LogP) is 4.54. The summed E-state index contributed by atoms with van der Waals surface area (Å²) in [5.74, 6) is 2.92.